The van der Waals surface area contributed by atoms with E-state index in [1.165, 1.54) is 238 Å². The molecule has 0 amide bonds. The van der Waals surface area contributed by atoms with E-state index >= 15 is 0 Å². The third kappa shape index (κ3) is 55.3. The molecule has 0 aliphatic heterocycles. The van der Waals surface area contributed by atoms with Crippen LogP contribution in [0.5, 0.6) is 0 Å². The smallest absolute Gasteiger partial charge is 0.306 e. The lowest BCUT2D eigenvalue weighted by Gasteiger charge is -2.18. The Labute approximate surface area is 425 Å². The summed E-state index contributed by atoms with van der Waals surface area (Å²) in [6.07, 6.45) is 59.6. The van der Waals surface area contributed by atoms with Crippen molar-refractivity contribution in [2.24, 2.45) is 11.8 Å². The van der Waals surface area contributed by atoms with Crippen LogP contribution in [-0.4, -0.2) is 37.2 Å². The molecule has 0 rings (SSSR count). The van der Waals surface area contributed by atoms with Crippen LogP contribution in [0.25, 0.3) is 0 Å². The molecule has 0 aliphatic rings. The first-order valence-electron chi connectivity index (χ1n) is 30.7. The highest BCUT2D eigenvalue weighted by Crippen LogP contribution is 2.19. The van der Waals surface area contributed by atoms with Gasteiger partial charge in [-0.1, -0.05) is 311 Å². The second-order valence-corrected chi connectivity index (χ2v) is 22.3. The first-order valence-corrected chi connectivity index (χ1v) is 30.7. The van der Waals surface area contributed by atoms with Gasteiger partial charge in [-0.25, -0.2) is 0 Å². The molecule has 0 radical (unpaired) electrons. The van der Waals surface area contributed by atoms with E-state index in [-0.39, 0.29) is 31.1 Å². The van der Waals surface area contributed by atoms with Crippen molar-refractivity contribution in [1.82, 2.24) is 0 Å². The van der Waals surface area contributed by atoms with E-state index < -0.39 is 6.10 Å². The minimum Gasteiger partial charge on any atom is -0.462 e. The van der Waals surface area contributed by atoms with Gasteiger partial charge in [-0.05, 0) is 31.1 Å². The van der Waals surface area contributed by atoms with E-state index in [1.54, 1.807) is 0 Å². The monoisotopic (exact) mass is 961 g/mol. The van der Waals surface area contributed by atoms with Gasteiger partial charge in [-0.2, -0.15) is 0 Å². The van der Waals surface area contributed by atoms with Gasteiger partial charge in [0.1, 0.15) is 13.2 Å². The Balaban J connectivity index is 4.27. The summed E-state index contributed by atoms with van der Waals surface area (Å²) in [5.41, 5.74) is 0. The molecule has 0 saturated carbocycles. The van der Waals surface area contributed by atoms with Crippen molar-refractivity contribution in [2.45, 2.75) is 355 Å². The van der Waals surface area contributed by atoms with Gasteiger partial charge in [-0.15, -0.1) is 0 Å². The van der Waals surface area contributed by atoms with Crippen molar-refractivity contribution in [1.29, 1.82) is 0 Å². The average Bonchev–Trinajstić information content (AvgIpc) is 3.31. The molecule has 6 heteroatoms. The zero-order chi connectivity index (χ0) is 49.6. The van der Waals surface area contributed by atoms with Crippen molar-refractivity contribution < 1.29 is 28.6 Å². The highest BCUT2D eigenvalue weighted by atomic mass is 16.6. The fourth-order valence-corrected chi connectivity index (χ4v) is 9.58. The van der Waals surface area contributed by atoms with Crippen molar-refractivity contribution in [2.75, 3.05) is 13.2 Å². The van der Waals surface area contributed by atoms with Gasteiger partial charge in [0.15, 0.2) is 6.10 Å². The van der Waals surface area contributed by atoms with Gasteiger partial charge in [0.05, 0.1) is 0 Å². The summed E-state index contributed by atoms with van der Waals surface area (Å²) in [5.74, 6) is 0.835. The topological polar surface area (TPSA) is 78.9 Å². The number of ether oxygens (including phenoxy) is 3. The molecular formula is C62H120O6. The van der Waals surface area contributed by atoms with Crippen LogP contribution in [0.1, 0.15) is 349 Å². The lowest BCUT2D eigenvalue weighted by Crippen LogP contribution is -2.30. The van der Waals surface area contributed by atoms with Gasteiger partial charge in [-0.3, -0.25) is 14.4 Å². The number of hydrogen-bond donors (Lipinski definition) is 0. The highest BCUT2D eigenvalue weighted by Gasteiger charge is 2.19. The second-order valence-electron chi connectivity index (χ2n) is 22.3. The number of esters is 3. The summed E-state index contributed by atoms with van der Waals surface area (Å²) in [6.45, 7) is 11.4. The Kier molecular flexibility index (Phi) is 53.5. The maximum atomic E-state index is 12.9. The predicted octanol–water partition coefficient (Wildman–Crippen LogP) is 20.4. The van der Waals surface area contributed by atoms with E-state index in [0.717, 1.165) is 69.6 Å². The number of carbonyl (C=O) groups is 3. The van der Waals surface area contributed by atoms with Crippen LogP contribution in [0.4, 0.5) is 0 Å². The van der Waals surface area contributed by atoms with E-state index in [0.29, 0.717) is 19.3 Å². The molecule has 0 bridgehead atoms. The Morgan fingerprint density at radius 3 is 0.721 bits per heavy atom. The normalized spacial score (nSPS) is 12.0. The lowest BCUT2D eigenvalue weighted by atomic mass is 10.0. The molecule has 0 heterocycles. The Hall–Kier alpha value is -1.59. The molecule has 0 unspecified atom stereocenters. The van der Waals surface area contributed by atoms with Crippen LogP contribution in [0.15, 0.2) is 0 Å². The van der Waals surface area contributed by atoms with Crippen molar-refractivity contribution in [3.8, 4) is 0 Å². The lowest BCUT2D eigenvalue weighted by molar-refractivity contribution is -0.167. The van der Waals surface area contributed by atoms with Gasteiger partial charge in [0, 0.05) is 19.3 Å². The van der Waals surface area contributed by atoms with Crippen LogP contribution in [0.2, 0.25) is 0 Å². The fourth-order valence-electron chi connectivity index (χ4n) is 9.58. The van der Waals surface area contributed by atoms with Crippen LogP contribution in [0, 0.1) is 11.8 Å². The molecule has 0 N–H and O–H groups in total. The average molecular weight is 962 g/mol. The molecule has 0 aliphatic carbocycles. The molecular weight excluding hydrogens is 841 g/mol. The van der Waals surface area contributed by atoms with Crippen LogP contribution in [0.3, 0.4) is 0 Å². The summed E-state index contributed by atoms with van der Waals surface area (Å²) in [6, 6.07) is 0. The van der Waals surface area contributed by atoms with E-state index in [1.807, 2.05) is 0 Å². The van der Waals surface area contributed by atoms with Crippen LogP contribution < -0.4 is 0 Å². The van der Waals surface area contributed by atoms with Crippen LogP contribution >= 0.6 is 0 Å². The molecule has 0 aromatic rings. The Morgan fingerprint density at radius 1 is 0.279 bits per heavy atom. The van der Waals surface area contributed by atoms with Crippen molar-refractivity contribution >= 4 is 17.9 Å². The summed E-state index contributed by atoms with van der Waals surface area (Å²) in [5, 5.41) is 0. The predicted molar refractivity (Wildman–Crippen MR) is 293 cm³/mol. The van der Waals surface area contributed by atoms with Crippen molar-refractivity contribution in [3.63, 3.8) is 0 Å². The maximum absolute atomic E-state index is 12.9. The van der Waals surface area contributed by atoms with Gasteiger partial charge in [0.2, 0.25) is 0 Å². The number of hydrogen-bond acceptors (Lipinski definition) is 6. The zero-order valence-electron chi connectivity index (χ0n) is 46.7. The largest absolute Gasteiger partial charge is 0.462 e. The molecule has 0 saturated heterocycles. The molecule has 0 spiro atoms. The first kappa shape index (κ1) is 66.4. The summed E-state index contributed by atoms with van der Waals surface area (Å²) >= 11 is 0. The highest BCUT2D eigenvalue weighted by molar-refractivity contribution is 5.71. The summed E-state index contributed by atoms with van der Waals surface area (Å²) < 4.78 is 16.9. The zero-order valence-corrected chi connectivity index (χ0v) is 46.7. The molecule has 0 aromatic heterocycles. The minimum atomic E-state index is -0.763. The standard InChI is InChI=1S/C62H120O6/c1-6-7-8-9-10-11-12-13-14-15-16-20-23-26-32-37-42-47-52-60(63)66-55-59(56-67-61(64)53-48-43-38-33-29-28-31-36-41-46-51-58(4)5)68-62(65)54-49-44-39-34-27-24-21-18-17-19-22-25-30-35-40-45-50-57(2)3/h57-59H,6-56H2,1-5H3/t59-/m0/s1. The van der Waals surface area contributed by atoms with Gasteiger partial charge >= 0.3 is 17.9 Å². The van der Waals surface area contributed by atoms with E-state index in [2.05, 4.69) is 34.6 Å². The molecule has 0 aromatic carbocycles. The summed E-state index contributed by atoms with van der Waals surface area (Å²) in [4.78, 5) is 38.2. The first-order chi connectivity index (χ1) is 33.2. The van der Waals surface area contributed by atoms with Gasteiger partial charge in [0.25, 0.3) is 0 Å². The van der Waals surface area contributed by atoms with E-state index in [4.69, 9.17) is 14.2 Å². The van der Waals surface area contributed by atoms with E-state index in [9.17, 15) is 14.4 Å². The minimum absolute atomic E-state index is 0.0623. The van der Waals surface area contributed by atoms with Crippen LogP contribution in [-0.2, 0) is 28.6 Å². The second kappa shape index (κ2) is 54.7. The molecule has 404 valence electrons. The molecule has 68 heavy (non-hydrogen) atoms. The number of carbonyl (C=O) groups excluding carboxylic acids is 3. The molecule has 1 atom stereocenters. The fraction of sp³-hybridized carbons (Fsp3) is 0.952. The van der Waals surface area contributed by atoms with Crippen molar-refractivity contribution in [3.05, 3.63) is 0 Å². The number of rotatable bonds is 56. The summed E-state index contributed by atoms with van der Waals surface area (Å²) in [7, 11) is 0. The molecule has 6 nitrogen and oxygen atoms in total. The quantitative estimate of drug-likeness (QED) is 0.0343. The Morgan fingerprint density at radius 2 is 0.485 bits per heavy atom. The maximum Gasteiger partial charge on any atom is 0.306 e. The third-order valence-corrected chi connectivity index (χ3v) is 14.2. The number of unbranched alkanes of at least 4 members (excludes halogenated alkanes) is 41. The molecule has 0 fully saturated rings. The van der Waals surface area contributed by atoms with Gasteiger partial charge < -0.3 is 14.2 Å². The SMILES string of the molecule is CCCCCCCCCCCCCCCCCCCCC(=O)OC[C@@H](COC(=O)CCCCCCCCCCCCC(C)C)OC(=O)CCCCCCCCCCCCCCCCCCC(C)C. The Bertz CT molecular complexity index is 1040. The third-order valence-electron chi connectivity index (χ3n) is 14.2.